The van der Waals surface area contributed by atoms with Crippen molar-refractivity contribution in [3.05, 3.63) is 11.6 Å². The molecule has 4 nitrogen and oxygen atoms in total. The van der Waals surface area contributed by atoms with Gasteiger partial charge in [0.15, 0.2) is 17.3 Å². The van der Waals surface area contributed by atoms with Crippen LogP contribution in [0.25, 0.3) is 0 Å². The van der Waals surface area contributed by atoms with Crippen LogP contribution in [0.4, 0.5) is 0 Å². The fourth-order valence-electron chi connectivity index (χ4n) is 6.35. The molecule has 0 bridgehead atoms. The van der Waals surface area contributed by atoms with E-state index < -0.39 is 12.0 Å². The summed E-state index contributed by atoms with van der Waals surface area (Å²) in [5.41, 5.74) is 1.21. The topological polar surface area (TPSA) is 71.4 Å². The quantitative estimate of drug-likeness (QED) is 0.603. The Morgan fingerprint density at radius 3 is 2.37 bits per heavy atom. The number of allylic oxidation sites excluding steroid dienone is 2. The molecule has 0 amide bonds. The lowest BCUT2D eigenvalue weighted by molar-refractivity contribution is -0.144. The van der Waals surface area contributed by atoms with Gasteiger partial charge in [-0.2, -0.15) is 0 Å². The molecule has 0 aromatic carbocycles. The Morgan fingerprint density at radius 1 is 1.19 bits per heavy atom. The highest BCUT2D eigenvalue weighted by atomic mass is 16.3. The van der Waals surface area contributed by atoms with Crippen LogP contribution < -0.4 is 0 Å². The fraction of sp³-hybridized carbons (Fsp3) is 0.783. The lowest BCUT2D eigenvalue weighted by Gasteiger charge is -2.51. The van der Waals surface area contributed by atoms with Gasteiger partial charge in [-0.25, -0.2) is 0 Å². The van der Waals surface area contributed by atoms with E-state index in [9.17, 15) is 19.5 Å². The molecule has 0 saturated heterocycles. The summed E-state index contributed by atoms with van der Waals surface area (Å²) < 4.78 is 0. The number of hydrogen-bond acceptors (Lipinski definition) is 4. The predicted molar refractivity (Wildman–Crippen MR) is 104 cm³/mol. The number of hydrogen-bond donors (Lipinski definition) is 1. The van der Waals surface area contributed by atoms with Crippen molar-refractivity contribution < 1.29 is 19.5 Å². The van der Waals surface area contributed by atoms with Crippen LogP contribution >= 0.6 is 0 Å². The van der Waals surface area contributed by atoms with Crippen molar-refractivity contribution in [1.82, 2.24) is 0 Å². The molecule has 0 radical (unpaired) electrons. The molecule has 2 saturated carbocycles. The number of carbonyl (C=O) groups excluding carboxylic acids is 3. The van der Waals surface area contributed by atoms with E-state index in [0.29, 0.717) is 0 Å². The highest BCUT2D eigenvalue weighted by molar-refractivity contribution is 6.24. The summed E-state index contributed by atoms with van der Waals surface area (Å²) in [6, 6.07) is 0. The normalized spacial score (nSPS) is 44.8. The zero-order chi connectivity index (χ0) is 20.0. The maximum atomic E-state index is 13.6. The zero-order valence-corrected chi connectivity index (χ0v) is 17.3. The van der Waals surface area contributed by atoms with Crippen molar-refractivity contribution in [2.75, 3.05) is 0 Å². The standard InChI is InChI=1S/C23H34O4/c1-6-15-11(3)8-14-9-12(4)21(25)16(7-2)18(14)19(15)23(27)20-17(24)10-13(5)22(20)26/h8,12-16,18-21,25H,6-7,9-10H2,1-5H3. The molecule has 1 N–H and O–H groups in total. The van der Waals surface area contributed by atoms with Crippen molar-refractivity contribution in [3.63, 3.8) is 0 Å². The summed E-state index contributed by atoms with van der Waals surface area (Å²) in [7, 11) is 0. The smallest absolute Gasteiger partial charge is 0.154 e. The summed E-state index contributed by atoms with van der Waals surface area (Å²) in [6.45, 7) is 10.1. The number of ketones is 3. The second kappa shape index (κ2) is 7.62. The second-order valence-corrected chi connectivity index (χ2v) is 9.28. The van der Waals surface area contributed by atoms with Gasteiger partial charge in [0.1, 0.15) is 5.92 Å². The summed E-state index contributed by atoms with van der Waals surface area (Å²) >= 11 is 0. The molecular weight excluding hydrogens is 340 g/mol. The van der Waals surface area contributed by atoms with Crippen molar-refractivity contribution in [1.29, 1.82) is 0 Å². The Bertz CT molecular complexity index is 663. The zero-order valence-electron chi connectivity index (χ0n) is 17.3. The molecule has 0 spiro atoms. The summed E-state index contributed by atoms with van der Waals surface area (Å²) in [4.78, 5) is 38.7. The van der Waals surface area contributed by atoms with Crippen LogP contribution in [0.1, 0.15) is 60.3 Å². The third-order valence-corrected chi connectivity index (χ3v) is 7.69. The molecule has 0 aromatic heterocycles. The molecule has 3 aliphatic carbocycles. The van der Waals surface area contributed by atoms with E-state index in [0.717, 1.165) is 19.3 Å². The molecule has 9 atom stereocenters. The highest BCUT2D eigenvalue weighted by Crippen LogP contribution is 2.52. The van der Waals surface area contributed by atoms with Crippen LogP contribution in [0.2, 0.25) is 0 Å². The van der Waals surface area contributed by atoms with E-state index in [1.165, 1.54) is 5.57 Å². The first-order valence-corrected chi connectivity index (χ1v) is 10.7. The molecule has 0 aliphatic heterocycles. The number of fused-ring (bicyclic) bond motifs is 1. The van der Waals surface area contributed by atoms with Gasteiger partial charge >= 0.3 is 0 Å². The highest BCUT2D eigenvalue weighted by Gasteiger charge is 2.54. The number of aliphatic hydroxyl groups excluding tert-OH is 1. The van der Waals surface area contributed by atoms with Crippen LogP contribution in [0, 0.1) is 47.3 Å². The van der Waals surface area contributed by atoms with E-state index >= 15 is 0 Å². The Hall–Kier alpha value is -1.29. The lowest BCUT2D eigenvalue weighted by atomic mass is 9.53. The number of Topliss-reactive ketones (excluding diaryl/α,β-unsaturated/α-hetero) is 3. The van der Waals surface area contributed by atoms with Crippen LogP contribution in [0.5, 0.6) is 0 Å². The summed E-state index contributed by atoms with van der Waals surface area (Å²) in [5, 5.41) is 10.8. The molecule has 3 rings (SSSR count). The Morgan fingerprint density at radius 2 is 1.85 bits per heavy atom. The van der Waals surface area contributed by atoms with Gasteiger partial charge < -0.3 is 5.11 Å². The van der Waals surface area contributed by atoms with Gasteiger partial charge in [-0.15, -0.1) is 0 Å². The molecule has 4 heteroatoms. The number of carbonyl (C=O) groups is 3. The average molecular weight is 375 g/mol. The van der Waals surface area contributed by atoms with Crippen LogP contribution in [0.15, 0.2) is 11.6 Å². The number of aliphatic hydroxyl groups is 1. The Balaban J connectivity index is 2.04. The molecule has 2 fully saturated rings. The first-order valence-electron chi connectivity index (χ1n) is 10.7. The second-order valence-electron chi connectivity index (χ2n) is 9.28. The van der Waals surface area contributed by atoms with Gasteiger partial charge in [0.25, 0.3) is 0 Å². The minimum atomic E-state index is -1.07. The molecule has 27 heavy (non-hydrogen) atoms. The minimum Gasteiger partial charge on any atom is -0.393 e. The van der Waals surface area contributed by atoms with Gasteiger partial charge in [0.05, 0.1) is 6.10 Å². The van der Waals surface area contributed by atoms with Gasteiger partial charge in [-0.05, 0) is 49.4 Å². The fourth-order valence-corrected chi connectivity index (χ4v) is 6.35. The van der Waals surface area contributed by atoms with Crippen LogP contribution in [0.3, 0.4) is 0 Å². The van der Waals surface area contributed by atoms with Gasteiger partial charge in [-0.3, -0.25) is 14.4 Å². The average Bonchev–Trinajstić information content (AvgIpc) is 2.87. The molecule has 0 heterocycles. The Labute approximate surface area is 162 Å². The van der Waals surface area contributed by atoms with Crippen molar-refractivity contribution >= 4 is 17.3 Å². The first-order chi connectivity index (χ1) is 12.7. The monoisotopic (exact) mass is 374 g/mol. The SMILES string of the molecule is CCC1C(C)=CC2CC(C)C(O)C(CC)C2C1C(=O)C1C(=O)CC(C)C1=O. The van der Waals surface area contributed by atoms with Crippen molar-refractivity contribution in [2.45, 2.75) is 66.4 Å². The van der Waals surface area contributed by atoms with Crippen molar-refractivity contribution in [3.8, 4) is 0 Å². The van der Waals surface area contributed by atoms with Gasteiger partial charge in [0.2, 0.25) is 0 Å². The van der Waals surface area contributed by atoms with Gasteiger partial charge in [0, 0.05) is 18.3 Å². The molecular formula is C23H34O4. The van der Waals surface area contributed by atoms with E-state index in [2.05, 4.69) is 33.8 Å². The molecule has 3 aliphatic rings. The van der Waals surface area contributed by atoms with E-state index in [1.807, 2.05) is 0 Å². The van der Waals surface area contributed by atoms with Crippen LogP contribution in [-0.4, -0.2) is 28.6 Å². The lowest BCUT2D eigenvalue weighted by Crippen LogP contribution is -2.52. The predicted octanol–water partition coefficient (Wildman–Crippen LogP) is 3.61. The number of rotatable bonds is 4. The first kappa shape index (κ1) is 20.4. The van der Waals surface area contributed by atoms with Crippen molar-refractivity contribution in [2.24, 2.45) is 47.3 Å². The largest absolute Gasteiger partial charge is 0.393 e. The third kappa shape index (κ3) is 3.24. The maximum Gasteiger partial charge on any atom is 0.154 e. The molecule has 9 unspecified atom stereocenters. The maximum absolute atomic E-state index is 13.6. The van der Waals surface area contributed by atoms with Gasteiger partial charge in [-0.1, -0.05) is 45.8 Å². The van der Waals surface area contributed by atoms with Crippen LogP contribution in [-0.2, 0) is 14.4 Å². The van der Waals surface area contributed by atoms with E-state index in [4.69, 9.17) is 0 Å². The van der Waals surface area contributed by atoms with E-state index in [1.54, 1.807) is 6.92 Å². The summed E-state index contributed by atoms with van der Waals surface area (Å²) in [5.74, 6) is -1.74. The Kier molecular flexibility index (Phi) is 5.77. The van der Waals surface area contributed by atoms with E-state index in [-0.39, 0.29) is 65.2 Å². The molecule has 0 aromatic rings. The summed E-state index contributed by atoms with van der Waals surface area (Å²) in [6.07, 6.45) is 4.57. The third-order valence-electron chi connectivity index (χ3n) is 7.69. The molecule has 150 valence electrons. The minimum absolute atomic E-state index is 0.0267.